The van der Waals surface area contributed by atoms with Crippen LogP contribution in [0, 0.1) is 3.57 Å². The molecule has 1 aromatic carbocycles. The van der Waals surface area contributed by atoms with Crippen LogP contribution in [0.15, 0.2) is 24.3 Å². The van der Waals surface area contributed by atoms with Crippen LogP contribution >= 0.6 is 22.6 Å². The number of rotatable bonds is 3. The molecule has 120 valence electrons. The maximum Gasteiger partial charge on any atom is 0.254 e. The average molecular weight is 415 g/mol. The molecule has 1 aromatic rings. The van der Waals surface area contributed by atoms with Crippen LogP contribution < -0.4 is 0 Å². The van der Waals surface area contributed by atoms with E-state index in [1.807, 2.05) is 29.2 Å². The summed E-state index contributed by atoms with van der Waals surface area (Å²) in [6.45, 7) is 3.45. The van der Waals surface area contributed by atoms with Crippen LogP contribution in [0.5, 0.6) is 0 Å². The first kappa shape index (κ1) is 17.2. The third kappa shape index (κ3) is 4.42. The second-order valence-electron chi connectivity index (χ2n) is 5.69. The van der Waals surface area contributed by atoms with Gasteiger partial charge in [-0.25, -0.2) is 0 Å². The quantitative estimate of drug-likeness (QED) is 0.704. The lowest BCUT2D eigenvalue weighted by atomic mass is 10.2. The Morgan fingerprint density at radius 2 is 1.86 bits per heavy atom. The van der Waals surface area contributed by atoms with E-state index in [0.717, 1.165) is 35.2 Å². The molecule has 0 aromatic heterocycles. The highest BCUT2D eigenvalue weighted by molar-refractivity contribution is 14.1. The highest BCUT2D eigenvalue weighted by atomic mass is 127. The van der Waals surface area contributed by atoms with Gasteiger partial charge in [-0.15, -0.1) is 0 Å². The van der Waals surface area contributed by atoms with Crippen molar-refractivity contribution in [3.63, 3.8) is 0 Å². The zero-order chi connectivity index (χ0) is 16.1. The van der Waals surface area contributed by atoms with Crippen LogP contribution in [-0.4, -0.2) is 73.3 Å². The van der Waals surface area contributed by atoms with Crippen molar-refractivity contribution in [2.24, 2.45) is 0 Å². The van der Waals surface area contributed by atoms with Crippen LogP contribution in [0.25, 0.3) is 0 Å². The third-order valence-electron chi connectivity index (χ3n) is 3.84. The molecule has 22 heavy (non-hydrogen) atoms. The molecule has 1 saturated heterocycles. The lowest BCUT2D eigenvalue weighted by molar-refractivity contribution is -0.129. The van der Waals surface area contributed by atoms with Gasteiger partial charge in [0.25, 0.3) is 5.91 Å². The minimum absolute atomic E-state index is 0.0887. The van der Waals surface area contributed by atoms with Gasteiger partial charge in [0.2, 0.25) is 5.91 Å². The standard InChI is InChI=1S/C16H22IN3O2/c1-18(2)15(21)12-19-8-5-9-20(11-10-19)16(22)13-6-3-4-7-14(13)17/h3-4,6-7H,5,8-12H2,1-2H3. The normalized spacial score (nSPS) is 16.2. The number of likely N-dealkylation sites (N-methyl/N-ethyl adjacent to an activating group) is 1. The molecule has 0 saturated carbocycles. The summed E-state index contributed by atoms with van der Waals surface area (Å²) in [4.78, 5) is 30.1. The van der Waals surface area contributed by atoms with Crippen molar-refractivity contribution in [1.82, 2.24) is 14.7 Å². The summed E-state index contributed by atoms with van der Waals surface area (Å²) in [7, 11) is 3.54. The van der Waals surface area contributed by atoms with E-state index in [2.05, 4.69) is 27.5 Å². The second kappa shape index (κ2) is 7.92. The molecule has 1 fully saturated rings. The van der Waals surface area contributed by atoms with Crippen molar-refractivity contribution in [2.45, 2.75) is 6.42 Å². The summed E-state index contributed by atoms with van der Waals surface area (Å²) in [5.74, 6) is 0.197. The van der Waals surface area contributed by atoms with Gasteiger partial charge < -0.3 is 9.80 Å². The van der Waals surface area contributed by atoms with Crippen molar-refractivity contribution in [3.8, 4) is 0 Å². The number of carbonyl (C=O) groups excluding carboxylic acids is 2. The SMILES string of the molecule is CN(C)C(=O)CN1CCCN(C(=O)c2ccccc2I)CC1. The maximum atomic E-state index is 12.6. The number of hydrogen-bond acceptors (Lipinski definition) is 3. The predicted octanol–water partition coefficient (Wildman–Crippen LogP) is 1.53. The van der Waals surface area contributed by atoms with E-state index < -0.39 is 0 Å². The van der Waals surface area contributed by atoms with Crippen LogP contribution in [0.1, 0.15) is 16.8 Å². The molecule has 0 spiro atoms. The summed E-state index contributed by atoms with van der Waals surface area (Å²) >= 11 is 2.20. The summed E-state index contributed by atoms with van der Waals surface area (Å²) < 4.78 is 0.981. The van der Waals surface area contributed by atoms with Crippen molar-refractivity contribution >= 4 is 34.4 Å². The Morgan fingerprint density at radius 3 is 2.55 bits per heavy atom. The molecule has 2 amide bonds. The van der Waals surface area contributed by atoms with Gasteiger partial charge in [0, 0.05) is 43.8 Å². The largest absolute Gasteiger partial charge is 0.348 e. The van der Waals surface area contributed by atoms with Gasteiger partial charge in [-0.05, 0) is 41.1 Å². The first-order valence-corrected chi connectivity index (χ1v) is 8.53. The highest BCUT2D eigenvalue weighted by Crippen LogP contribution is 2.15. The number of carbonyl (C=O) groups is 2. The molecule has 0 N–H and O–H groups in total. The molecule has 0 aliphatic carbocycles. The van der Waals surface area contributed by atoms with Crippen LogP contribution in [0.4, 0.5) is 0 Å². The fourth-order valence-corrected chi connectivity index (χ4v) is 3.09. The molecule has 1 heterocycles. The zero-order valence-electron chi connectivity index (χ0n) is 13.1. The molecule has 0 unspecified atom stereocenters. The average Bonchev–Trinajstić information content (AvgIpc) is 2.72. The van der Waals surface area contributed by atoms with E-state index in [9.17, 15) is 9.59 Å². The Balaban J connectivity index is 1.97. The van der Waals surface area contributed by atoms with E-state index >= 15 is 0 Å². The van der Waals surface area contributed by atoms with E-state index in [-0.39, 0.29) is 11.8 Å². The molecule has 6 heteroatoms. The molecule has 1 aliphatic heterocycles. The van der Waals surface area contributed by atoms with Crippen molar-refractivity contribution in [1.29, 1.82) is 0 Å². The van der Waals surface area contributed by atoms with E-state index in [4.69, 9.17) is 0 Å². The summed E-state index contributed by atoms with van der Waals surface area (Å²) in [6, 6.07) is 7.67. The molecular weight excluding hydrogens is 393 g/mol. The molecule has 0 radical (unpaired) electrons. The molecule has 0 bridgehead atoms. The molecule has 0 atom stereocenters. The fraction of sp³-hybridized carbons (Fsp3) is 0.500. The van der Waals surface area contributed by atoms with Gasteiger partial charge in [0.1, 0.15) is 0 Å². The van der Waals surface area contributed by atoms with Crippen LogP contribution in [-0.2, 0) is 4.79 Å². The second-order valence-corrected chi connectivity index (χ2v) is 6.85. The minimum atomic E-state index is 0.0887. The summed E-state index contributed by atoms with van der Waals surface area (Å²) in [5.41, 5.74) is 0.765. The lowest BCUT2D eigenvalue weighted by Crippen LogP contribution is -2.39. The van der Waals surface area contributed by atoms with Gasteiger partial charge >= 0.3 is 0 Å². The monoisotopic (exact) mass is 415 g/mol. The van der Waals surface area contributed by atoms with Gasteiger partial charge in [0.15, 0.2) is 0 Å². The molecule has 5 nitrogen and oxygen atoms in total. The van der Waals surface area contributed by atoms with Crippen LogP contribution in [0.2, 0.25) is 0 Å². The molecular formula is C16H22IN3O2. The molecule has 1 aliphatic rings. The Kier molecular flexibility index (Phi) is 6.19. The fourth-order valence-electron chi connectivity index (χ4n) is 2.47. The van der Waals surface area contributed by atoms with E-state index in [1.54, 1.807) is 19.0 Å². The summed E-state index contributed by atoms with van der Waals surface area (Å²) in [6.07, 6.45) is 0.899. The van der Waals surface area contributed by atoms with Crippen molar-refractivity contribution in [2.75, 3.05) is 46.8 Å². The number of benzene rings is 1. The highest BCUT2D eigenvalue weighted by Gasteiger charge is 2.22. The van der Waals surface area contributed by atoms with E-state index in [0.29, 0.717) is 13.1 Å². The van der Waals surface area contributed by atoms with Gasteiger partial charge in [-0.1, -0.05) is 12.1 Å². The predicted molar refractivity (Wildman–Crippen MR) is 94.8 cm³/mol. The lowest BCUT2D eigenvalue weighted by Gasteiger charge is -2.23. The topological polar surface area (TPSA) is 43.9 Å². The van der Waals surface area contributed by atoms with Crippen molar-refractivity contribution < 1.29 is 9.59 Å². The first-order valence-electron chi connectivity index (χ1n) is 7.45. The van der Waals surface area contributed by atoms with Gasteiger partial charge in [-0.2, -0.15) is 0 Å². The number of nitrogens with zero attached hydrogens (tertiary/aromatic N) is 3. The minimum Gasteiger partial charge on any atom is -0.348 e. The van der Waals surface area contributed by atoms with Crippen molar-refractivity contribution in [3.05, 3.63) is 33.4 Å². The maximum absolute atomic E-state index is 12.6. The zero-order valence-corrected chi connectivity index (χ0v) is 15.2. The number of amides is 2. The Bertz CT molecular complexity index is 548. The Hall–Kier alpha value is -1.15. The smallest absolute Gasteiger partial charge is 0.254 e. The van der Waals surface area contributed by atoms with E-state index in [1.165, 1.54) is 0 Å². The number of halogens is 1. The Morgan fingerprint density at radius 1 is 1.14 bits per heavy atom. The Labute approximate surface area is 145 Å². The van der Waals surface area contributed by atoms with Gasteiger partial charge in [-0.3, -0.25) is 14.5 Å². The molecule has 2 rings (SSSR count). The van der Waals surface area contributed by atoms with Gasteiger partial charge in [0.05, 0.1) is 12.1 Å². The summed E-state index contributed by atoms with van der Waals surface area (Å²) in [5, 5.41) is 0. The number of hydrogen-bond donors (Lipinski definition) is 0. The first-order chi connectivity index (χ1) is 10.5. The van der Waals surface area contributed by atoms with Crippen LogP contribution in [0.3, 0.4) is 0 Å². The third-order valence-corrected chi connectivity index (χ3v) is 4.78.